The molecule has 24 heavy (non-hydrogen) atoms. The molecule has 3 rings (SSSR count). The zero-order chi connectivity index (χ0) is 16.9. The highest BCUT2D eigenvalue weighted by Gasteiger charge is 2.26. The second-order valence-corrected chi connectivity index (χ2v) is 5.94. The summed E-state index contributed by atoms with van der Waals surface area (Å²) >= 11 is 0. The number of ether oxygens (including phenoxy) is 1. The van der Waals surface area contributed by atoms with Crippen LogP contribution in [-0.2, 0) is 16.1 Å². The first-order valence-corrected chi connectivity index (χ1v) is 8.16. The minimum absolute atomic E-state index is 0.144. The van der Waals surface area contributed by atoms with Crippen LogP contribution in [0, 0.1) is 13.8 Å². The Hall–Kier alpha value is -2.35. The van der Waals surface area contributed by atoms with Crippen molar-refractivity contribution in [1.29, 1.82) is 0 Å². The summed E-state index contributed by atoms with van der Waals surface area (Å²) in [6, 6.07) is 1.93. The summed E-state index contributed by atoms with van der Waals surface area (Å²) in [5.74, 6) is 0.871. The fourth-order valence-electron chi connectivity index (χ4n) is 2.86. The molecule has 0 spiro atoms. The average molecular weight is 330 g/mol. The molecule has 1 amide bonds. The van der Waals surface area contributed by atoms with Crippen LogP contribution in [0.4, 0.5) is 0 Å². The number of carbonyl (C=O) groups is 1. The molecule has 2 aromatic rings. The second kappa shape index (κ2) is 7.48. The molecule has 2 aromatic heterocycles. The van der Waals surface area contributed by atoms with Crippen LogP contribution in [0.25, 0.3) is 0 Å². The third kappa shape index (κ3) is 4.14. The van der Waals surface area contributed by atoms with E-state index in [-0.39, 0.29) is 12.0 Å². The van der Waals surface area contributed by atoms with E-state index in [0.29, 0.717) is 32.7 Å². The lowest BCUT2D eigenvalue weighted by Gasteiger charge is -2.33. The lowest BCUT2D eigenvalue weighted by atomic mass is 10.1. The summed E-state index contributed by atoms with van der Waals surface area (Å²) in [7, 11) is 0. The first-order valence-electron chi connectivity index (χ1n) is 8.16. The molecule has 8 heteroatoms. The predicted molar refractivity (Wildman–Crippen MR) is 86.0 cm³/mol. The third-order valence-electron chi connectivity index (χ3n) is 3.98. The van der Waals surface area contributed by atoms with Gasteiger partial charge in [0.15, 0.2) is 0 Å². The summed E-state index contributed by atoms with van der Waals surface area (Å²) in [6.45, 7) is 6.20. The Bertz CT molecular complexity index is 668. The molecular weight excluding hydrogens is 308 g/mol. The molecule has 8 nitrogen and oxygen atoms in total. The summed E-state index contributed by atoms with van der Waals surface area (Å²) in [4.78, 5) is 26.9. The maximum atomic E-state index is 12.4. The van der Waals surface area contributed by atoms with Gasteiger partial charge in [0.1, 0.15) is 24.6 Å². The molecule has 0 bridgehead atoms. The first kappa shape index (κ1) is 16.5. The maximum absolute atomic E-state index is 12.4. The van der Waals surface area contributed by atoms with Crippen LogP contribution in [0.1, 0.15) is 36.2 Å². The molecule has 128 valence electrons. The van der Waals surface area contributed by atoms with Crippen molar-refractivity contribution in [3.63, 3.8) is 0 Å². The average Bonchev–Trinajstić information content (AvgIpc) is 3.07. The van der Waals surface area contributed by atoms with E-state index >= 15 is 0 Å². The van der Waals surface area contributed by atoms with Gasteiger partial charge in [0, 0.05) is 25.2 Å². The molecule has 0 aliphatic carbocycles. The van der Waals surface area contributed by atoms with Crippen LogP contribution in [0.5, 0.6) is 0 Å². The van der Waals surface area contributed by atoms with Crippen LogP contribution >= 0.6 is 0 Å². The van der Waals surface area contributed by atoms with Gasteiger partial charge in [-0.15, -0.1) is 0 Å². The summed E-state index contributed by atoms with van der Waals surface area (Å²) in [5.41, 5.74) is 1.76. The number of rotatable bonds is 5. The largest absolute Gasteiger partial charge is 0.368 e. The van der Waals surface area contributed by atoms with E-state index in [1.807, 2.05) is 24.8 Å². The Balaban J connectivity index is 1.55. The Labute approximate surface area is 140 Å². The normalized spacial score (nSPS) is 17.9. The zero-order valence-corrected chi connectivity index (χ0v) is 14.1. The number of carbonyl (C=O) groups excluding carboxylic acids is 1. The summed E-state index contributed by atoms with van der Waals surface area (Å²) < 4.78 is 7.55. The SMILES string of the molecule is Cc1cc(C2CN(C(=O)CCCn3cncn3)CCO2)nc(C)n1. The highest BCUT2D eigenvalue weighted by molar-refractivity contribution is 5.76. The summed E-state index contributed by atoms with van der Waals surface area (Å²) in [5, 5.41) is 4.04. The standard InChI is InChI=1S/C16H22N6O2/c1-12-8-14(20-13(2)19-12)15-9-21(6-7-24-15)16(23)4-3-5-22-11-17-10-18-22/h8,10-11,15H,3-7,9H2,1-2H3. The van der Waals surface area contributed by atoms with Crippen molar-refractivity contribution in [1.82, 2.24) is 29.6 Å². The molecule has 1 unspecified atom stereocenters. The lowest BCUT2D eigenvalue weighted by molar-refractivity contribution is -0.139. The molecule has 0 saturated carbocycles. The number of amides is 1. The molecule has 1 aliphatic rings. The van der Waals surface area contributed by atoms with Crippen molar-refractivity contribution in [2.24, 2.45) is 0 Å². The van der Waals surface area contributed by atoms with Gasteiger partial charge in [0.05, 0.1) is 18.8 Å². The van der Waals surface area contributed by atoms with Gasteiger partial charge in [-0.2, -0.15) is 5.10 Å². The van der Waals surface area contributed by atoms with Crippen molar-refractivity contribution in [3.8, 4) is 0 Å². The summed E-state index contributed by atoms with van der Waals surface area (Å²) in [6.07, 6.45) is 4.22. The number of morpholine rings is 1. The maximum Gasteiger partial charge on any atom is 0.222 e. The van der Waals surface area contributed by atoms with Crippen molar-refractivity contribution < 1.29 is 9.53 Å². The van der Waals surface area contributed by atoms with Crippen molar-refractivity contribution >= 4 is 5.91 Å². The molecule has 1 atom stereocenters. The topological polar surface area (TPSA) is 86.0 Å². The van der Waals surface area contributed by atoms with Gasteiger partial charge in [0.2, 0.25) is 5.91 Å². The smallest absolute Gasteiger partial charge is 0.222 e. The van der Waals surface area contributed by atoms with E-state index in [1.54, 1.807) is 11.0 Å². The molecule has 0 N–H and O–H groups in total. The lowest BCUT2D eigenvalue weighted by Crippen LogP contribution is -2.42. The number of hydrogen-bond donors (Lipinski definition) is 0. The van der Waals surface area contributed by atoms with E-state index in [1.165, 1.54) is 6.33 Å². The molecular formula is C16H22N6O2. The van der Waals surface area contributed by atoms with Crippen molar-refractivity contribution in [3.05, 3.63) is 35.9 Å². The van der Waals surface area contributed by atoms with Crippen LogP contribution in [0.2, 0.25) is 0 Å². The molecule has 1 aliphatic heterocycles. The molecule has 0 radical (unpaired) electrons. The van der Waals surface area contributed by atoms with Crippen molar-refractivity contribution in [2.75, 3.05) is 19.7 Å². The molecule has 1 saturated heterocycles. The van der Waals surface area contributed by atoms with Gasteiger partial charge < -0.3 is 9.64 Å². The number of aryl methyl sites for hydroxylation is 3. The van der Waals surface area contributed by atoms with Crippen LogP contribution in [-0.4, -0.2) is 55.2 Å². The van der Waals surface area contributed by atoms with E-state index in [0.717, 1.165) is 23.6 Å². The quantitative estimate of drug-likeness (QED) is 0.815. The van der Waals surface area contributed by atoms with Gasteiger partial charge >= 0.3 is 0 Å². The Kier molecular flexibility index (Phi) is 5.14. The molecule has 3 heterocycles. The fourth-order valence-corrected chi connectivity index (χ4v) is 2.86. The number of hydrogen-bond acceptors (Lipinski definition) is 6. The van der Waals surface area contributed by atoms with Crippen LogP contribution in [0.15, 0.2) is 18.7 Å². The minimum Gasteiger partial charge on any atom is -0.368 e. The van der Waals surface area contributed by atoms with Crippen LogP contribution < -0.4 is 0 Å². The van der Waals surface area contributed by atoms with E-state index < -0.39 is 0 Å². The van der Waals surface area contributed by atoms with Crippen molar-refractivity contribution in [2.45, 2.75) is 39.3 Å². The van der Waals surface area contributed by atoms with E-state index in [2.05, 4.69) is 20.1 Å². The monoisotopic (exact) mass is 330 g/mol. The van der Waals surface area contributed by atoms with Gasteiger partial charge in [-0.05, 0) is 26.3 Å². The Morgan fingerprint density at radius 3 is 3.00 bits per heavy atom. The Morgan fingerprint density at radius 2 is 2.25 bits per heavy atom. The van der Waals surface area contributed by atoms with Crippen LogP contribution in [0.3, 0.4) is 0 Å². The first-order chi connectivity index (χ1) is 11.6. The van der Waals surface area contributed by atoms with E-state index in [4.69, 9.17) is 4.74 Å². The predicted octanol–water partition coefficient (Wildman–Crippen LogP) is 1.07. The minimum atomic E-state index is -0.182. The number of nitrogens with zero attached hydrogens (tertiary/aromatic N) is 6. The number of aromatic nitrogens is 5. The molecule has 1 fully saturated rings. The van der Waals surface area contributed by atoms with Gasteiger partial charge in [0.25, 0.3) is 0 Å². The van der Waals surface area contributed by atoms with Gasteiger partial charge in [-0.25, -0.2) is 15.0 Å². The fraction of sp³-hybridized carbons (Fsp3) is 0.562. The second-order valence-electron chi connectivity index (χ2n) is 5.94. The van der Waals surface area contributed by atoms with E-state index in [9.17, 15) is 4.79 Å². The third-order valence-corrected chi connectivity index (χ3v) is 3.98. The highest BCUT2D eigenvalue weighted by atomic mass is 16.5. The van der Waals surface area contributed by atoms with Gasteiger partial charge in [-0.3, -0.25) is 9.48 Å². The highest BCUT2D eigenvalue weighted by Crippen LogP contribution is 2.22. The van der Waals surface area contributed by atoms with Gasteiger partial charge in [-0.1, -0.05) is 0 Å². The molecule has 0 aromatic carbocycles. The Morgan fingerprint density at radius 1 is 1.38 bits per heavy atom. The zero-order valence-electron chi connectivity index (χ0n) is 14.1.